The molecule has 0 aliphatic rings. The molecule has 0 saturated heterocycles. The zero-order valence-electron chi connectivity index (χ0n) is 22.5. The lowest BCUT2D eigenvalue weighted by molar-refractivity contribution is -0.167. The molecule has 3 aromatic carbocycles. The standard InChI is InChI=1S/C33H38O6/c34-31(22-10-19-27-13-4-1-5-14-27)37-25-30(39-33(36)24-12-21-29-17-8-3-9-18-29)26-38-32(35)23-11-20-28-15-6-2-7-16-28/h1-9,13-18,30H,10-12,19-26H2. The summed E-state index contributed by atoms with van der Waals surface area (Å²) in [6, 6.07) is 29.8. The molecule has 0 heterocycles. The van der Waals surface area contributed by atoms with Crippen molar-refractivity contribution in [2.75, 3.05) is 13.2 Å². The molecule has 0 atom stereocenters. The zero-order valence-corrected chi connectivity index (χ0v) is 22.5. The van der Waals surface area contributed by atoms with Gasteiger partial charge in [-0.3, -0.25) is 14.4 Å². The second kappa shape index (κ2) is 17.6. The molecule has 6 heteroatoms. The highest BCUT2D eigenvalue weighted by molar-refractivity contribution is 5.71. The summed E-state index contributed by atoms with van der Waals surface area (Å²) in [6.07, 6.45) is 4.14. The maximum atomic E-state index is 12.5. The maximum absolute atomic E-state index is 12.5. The fraction of sp³-hybridized carbons (Fsp3) is 0.364. The van der Waals surface area contributed by atoms with Crippen LogP contribution in [0.1, 0.15) is 55.2 Å². The summed E-state index contributed by atoms with van der Waals surface area (Å²) in [6.45, 7) is -0.294. The first kappa shape index (κ1) is 29.6. The van der Waals surface area contributed by atoms with Gasteiger partial charge in [0.15, 0.2) is 6.10 Å². The summed E-state index contributed by atoms with van der Waals surface area (Å²) in [7, 11) is 0. The monoisotopic (exact) mass is 530 g/mol. The molecule has 3 rings (SSSR count). The number of benzene rings is 3. The number of hydrogen-bond donors (Lipinski definition) is 0. The van der Waals surface area contributed by atoms with Gasteiger partial charge in [0.1, 0.15) is 13.2 Å². The third-order valence-corrected chi connectivity index (χ3v) is 6.23. The Hall–Kier alpha value is -3.93. The van der Waals surface area contributed by atoms with Crippen molar-refractivity contribution in [3.63, 3.8) is 0 Å². The first-order chi connectivity index (χ1) is 19.1. The van der Waals surface area contributed by atoms with Crippen molar-refractivity contribution in [3.05, 3.63) is 108 Å². The van der Waals surface area contributed by atoms with Gasteiger partial charge in [-0.1, -0.05) is 91.0 Å². The highest BCUT2D eigenvalue weighted by Gasteiger charge is 2.19. The molecule has 0 fully saturated rings. The lowest BCUT2D eigenvalue weighted by Gasteiger charge is -2.18. The normalized spacial score (nSPS) is 10.7. The van der Waals surface area contributed by atoms with E-state index in [4.69, 9.17) is 14.2 Å². The number of hydrogen-bond acceptors (Lipinski definition) is 6. The molecule has 3 aromatic rings. The molecule has 6 nitrogen and oxygen atoms in total. The first-order valence-corrected chi connectivity index (χ1v) is 13.7. The number of carbonyl (C=O) groups is 3. The van der Waals surface area contributed by atoms with E-state index in [1.54, 1.807) is 0 Å². The molecule has 0 aromatic heterocycles. The van der Waals surface area contributed by atoms with Crippen molar-refractivity contribution in [2.24, 2.45) is 0 Å². The molecule has 0 radical (unpaired) electrons. The number of carbonyl (C=O) groups excluding carboxylic acids is 3. The van der Waals surface area contributed by atoms with E-state index in [-0.39, 0.29) is 44.4 Å². The van der Waals surface area contributed by atoms with Crippen LogP contribution in [0.15, 0.2) is 91.0 Å². The average Bonchev–Trinajstić information content (AvgIpc) is 2.96. The lowest BCUT2D eigenvalue weighted by Crippen LogP contribution is -2.31. The highest BCUT2D eigenvalue weighted by Crippen LogP contribution is 2.10. The molecule has 0 N–H and O–H groups in total. The van der Waals surface area contributed by atoms with E-state index < -0.39 is 12.1 Å². The molecule has 0 aliphatic carbocycles. The first-order valence-electron chi connectivity index (χ1n) is 13.7. The average molecular weight is 531 g/mol. The van der Waals surface area contributed by atoms with Crippen molar-refractivity contribution in [2.45, 2.75) is 63.9 Å². The fourth-order valence-corrected chi connectivity index (χ4v) is 4.12. The summed E-state index contributed by atoms with van der Waals surface area (Å²) in [5.74, 6) is -1.15. The summed E-state index contributed by atoms with van der Waals surface area (Å²) in [5, 5.41) is 0. The predicted octanol–water partition coefficient (Wildman–Crippen LogP) is 6.05. The molecular formula is C33H38O6. The number of rotatable bonds is 17. The molecule has 0 spiro atoms. The van der Waals surface area contributed by atoms with Crippen LogP contribution in [-0.2, 0) is 47.9 Å². The molecule has 39 heavy (non-hydrogen) atoms. The molecule has 0 aliphatic heterocycles. The number of esters is 3. The van der Waals surface area contributed by atoms with Crippen LogP contribution >= 0.6 is 0 Å². The van der Waals surface area contributed by atoms with E-state index in [9.17, 15) is 14.4 Å². The van der Waals surface area contributed by atoms with Crippen LogP contribution in [0.2, 0.25) is 0 Å². The summed E-state index contributed by atoms with van der Waals surface area (Å²) >= 11 is 0. The van der Waals surface area contributed by atoms with Gasteiger partial charge in [0.05, 0.1) is 0 Å². The van der Waals surface area contributed by atoms with E-state index in [2.05, 4.69) is 0 Å². The van der Waals surface area contributed by atoms with E-state index in [0.717, 1.165) is 36.0 Å². The van der Waals surface area contributed by atoms with Crippen LogP contribution in [0, 0.1) is 0 Å². The largest absolute Gasteiger partial charge is 0.462 e. The Morgan fingerprint density at radius 2 is 0.821 bits per heavy atom. The topological polar surface area (TPSA) is 78.9 Å². The van der Waals surface area contributed by atoms with Gasteiger partial charge >= 0.3 is 17.9 Å². The predicted molar refractivity (Wildman–Crippen MR) is 150 cm³/mol. The molecule has 0 saturated carbocycles. The summed E-state index contributed by atoms with van der Waals surface area (Å²) in [4.78, 5) is 37.1. The van der Waals surface area contributed by atoms with Crippen molar-refractivity contribution in [3.8, 4) is 0 Å². The van der Waals surface area contributed by atoms with Gasteiger partial charge in [0, 0.05) is 19.3 Å². The van der Waals surface area contributed by atoms with Gasteiger partial charge in [0.25, 0.3) is 0 Å². The van der Waals surface area contributed by atoms with Gasteiger partial charge in [-0.25, -0.2) is 0 Å². The van der Waals surface area contributed by atoms with Crippen LogP contribution in [0.5, 0.6) is 0 Å². The third-order valence-electron chi connectivity index (χ3n) is 6.23. The van der Waals surface area contributed by atoms with Gasteiger partial charge < -0.3 is 14.2 Å². The highest BCUT2D eigenvalue weighted by atomic mass is 16.6. The number of aryl methyl sites for hydroxylation is 3. The third kappa shape index (κ3) is 12.9. The molecule has 0 bridgehead atoms. The van der Waals surface area contributed by atoms with Crippen molar-refractivity contribution >= 4 is 17.9 Å². The fourth-order valence-electron chi connectivity index (χ4n) is 4.12. The smallest absolute Gasteiger partial charge is 0.306 e. The lowest BCUT2D eigenvalue weighted by atomic mass is 10.1. The van der Waals surface area contributed by atoms with Crippen molar-refractivity contribution in [1.29, 1.82) is 0 Å². The van der Waals surface area contributed by atoms with E-state index in [1.807, 2.05) is 91.0 Å². The Morgan fingerprint density at radius 3 is 1.18 bits per heavy atom. The van der Waals surface area contributed by atoms with E-state index >= 15 is 0 Å². The Bertz CT molecular complexity index is 1050. The van der Waals surface area contributed by atoms with Gasteiger partial charge in [-0.2, -0.15) is 0 Å². The quantitative estimate of drug-likeness (QED) is 0.156. The van der Waals surface area contributed by atoms with Gasteiger partial charge in [0.2, 0.25) is 0 Å². The Kier molecular flexibility index (Phi) is 13.3. The second-order valence-electron chi connectivity index (χ2n) is 9.50. The van der Waals surface area contributed by atoms with Crippen LogP contribution in [0.25, 0.3) is 0 Å². The minimum atomic E-state index is -0.842. The summed E-state index contributed by atoms with van der Waals surface area (Å²) < 4.78 is 16.3. The van der Waals surface area contributed by atoms with E-state index in [0.29, 0.717) is 19.3 Å². The number of ether oxygens (including phenoxy) is 3. The van der Waals surface area contributed by atoms with Crippen molar-refractivity contribution < 1.29 is 28.6 Å². The SMILES string of the molecule is O=C(CCCc1ccccc1)OCC(COC(=O)CCCc1ccccc1)OC(=O)CCCc1ccccc1. The molecule has 0 amide bonds. The zero-order chi connectivity index (χ0) is 27.5. The molecular weight excluding hydrogens is 492 g/mol. The maximum Gasteiger partial charge on any atom is 0.306 e. The van der Waals surface area contributed by atoms with Crippen LogP contribution < -0.4 is 0 Å². The van der Waals surface area contributed by atoms with Crippen molar-refractivity contribution in [1.82, 2.24) is 0 Å². The second-order valence-corrected chi connectivity index (χ2v) is 9.50. The molecule has 0 unspecified atom stereocenters. The minimum absolute atomic E-state index is 0.147. The van der Waals surface area contributed by atoms with Crippen LogP contribution in [0.4, 0.5) is 0 Å². The Labute approximate surface area is 231 Å². The Morgan fingerprint density at radius 1 is 0.487 bits per heavy atom. The van der Waals surface area contributed by atoms with Gasteiger partial charge in [-0.15, -0.1) is 0 Å². The van der Waals surface area contributed by atoms with E-state index in [1.165, 1.54) is 0 Å². The van der Waals surface area contributed by atoms with Gasteiger partial charge in [-0.05, 0) is 55.2 Å². The Balaban J connectivity index is 1.41. The summed E-state index contributed by atoms with van der Waals surface area (Å²) in [5.41, 5.74) is 3.47. The van der Waals surface area contributed by atoms with Crippen LogP contribution in [0.3, 0.4) is 0 Å². The van der Waals surface area contributed by atoms with Crippen LogP contribution in [-0.4, -0.2) is 37.2 Å². The minimum Gasteiger partial charge on any atom is -0.462 e. The molecule has 206 valence electrons.